The largest absolute Gasteiger partial charge is 0.457 e. The van der Waals surface area contributed by atoms with Crippen LogP contribution in [0.15, 0.2) is 78.9 Å². The molecule has 0 aliphatic carbocycles. The van der Waals surface area contributed by atoms with E-state index in [4.69, 9.17) is 20.4 Å². The predicted molar refractivity (Wildman–Crippen MR) is 154 cm³/mol. The number of hydrogen-bond donors (Lipinski definition) is 2. The monoisotopic (exact) mass is 524 g/mol. The van der Waals surface area contributed by atoms with Crippen molar-refractivity contribution in [3.05, 3.63) is 90.3 Å². The molecule has 0 saturated carbocycles. The third-order valence-corrected chi connectivity index (χ3v) is 7.03. The van der Waals surface area contributed by atoms with E-state index in [1.54, 1.807) is 0 Å². The lowest BCUT2D eigenvalue weighted by molar-refractivity contribution is -0.119. The van der Waals surface area contributed by atoms with Crippen molar-refractivity contribution in [2.75, 3.05) is 31.5 Å². The fourth-order valence-corrected chi connectivity index (χ4v) is 4.91. The maximum Gasteiger partial charge on any atom is 0.240 e. The van der Waals surface area contributed by atoms with E-state index in [1.165, 1.54) is 5.56 Å². The Kier molecular flexibility index (Phi) is 8.34. The summed E-state index contributed by atoms with van der Waals surface area (Å²) >= 11 is 0. The van der Waals surface area contributed by atoms with Crippen LogP contribution in [-0.2, 0) is 17.9 Å². The van der Waals surface area contributed by atoms with Gasteiger partial charge in [0.15, 0.2) is 0 Å². The van der Waals surface area contributed by atoms with E-state index in [9.17, 15) is 4.79 Å². The van der Waals surface area contributed by atoms with Gasteiger partial charge in [-0.25, -0.2) is 9.97 Å². The number of nitrogens with one attached hydrogen (secondary N) is 1. The van der Waals surface area contributed by atoms with Gasteiger partial charge in [-0.05, 0) is 47.9 Å². The molecule has 1 unspecified atom stereocenters. The number of fused-ring (bicyclic) bond motifs is 1. The zero-order valence-electron chi connectivity index (χ0n) is 22.6. The summed E-state index contributed by atoms with van der Waals surface area (Å²) in [5.41, 5.74) is 7.75. The number of primary amides is 1. The van der Waals surface area contributed by atoms with Crippen molar-refractivity contribution < 1.29 is 9.53 Å². The zero-order chi connectivity index (χ0) is 27.2. The number of aromatic nitrogens is 2. The number of piperazine rings is 1. The molecular weight excluding hydrogens is 488 g/mol. The predicted octanol–water partition coefficient (Wildman–Crippen LogP) is 4.66. The summed E-state index contributed by atoms with van der Waals surface area (Å²) in [5.74, 6) is 2.74. The summed E-state index contributed by atoms with van der Waals surface area (Å²) < 4.78 is 6.01. The van der Waals surface area contributed by atoms with Gasteiger partial charge in [0.1, 0.15) is 29.2 Å². The van der Waals surface area contributed by atoms with E-state index < -0.39 is 6.04 Å². The Bertz CT molecular complexity index is 1400. The van der Waals surface area contributed by atoms with Gasteiger partial charge in [0, 0.05) is 38.1 Å². The number of ether oxygens (including phenoxy) is 1. The van der Waals surface area contributed by atoms with Gasteiger partial charge < -0.3 is 15.8 Å². The quantitative estimate of drug-likeness (QED) is 0.311. The normalized spacial score (nSPS) is 15.4. The second-order valence-electron chi connectivity index (χ2n) is 10.4. The van der Waals surface area contributed by atoms with Crippen LogP contribution in [-0.4, -0.2) is 57.9 Å². The summed E-state index contributed by atoms with van der Waals surface area (Å²) in [6.45, 7) is 9.24. The summed E-state index contributed by atoms with van der Waals surface area (Å²) in [5, 5.41) is 4.18. The van der Waals surface area contributed by atoms with Crippen molar-refractivity contribution in [1.82, 2.24) is 19.8 Å². The van der Waals surface area contributed by atoms with E-state index >= 15 is 0 Å². The fraction of sp³-hybridized carbons (Fsp3) is 0.323. The minimum absolute atomic E-state index is 0.0401. The number of carbonyl (C=O) groups is 1. The first-order valence-corrected chi connectivity index (χ1v) is 13.5. The van der Waals surface area contributed by atoms with E-state index in [0.717, 1.165) is 61.0 Å². The summed E-state index contributed by atoms with van der Waals surface area (Å²) in [4.78, 5) is 26.5. The molecule has 0 bridgehead atoms. The third-order valence-electron chi connectivity index (χ3n) is 7.03. The van der Waals surface area contributed by atoms with Crippen LogP contribution in [0.25, 0.3) is 10.9 Å². The highest BCUT2D eigenvalue weighted by atomic mass is 16.5. The summed E-state index contributed by atoms with van der Waals surface area (Å²) in [6.07, 6.45) is 0. The number of rotatable bonds is 10. The number of nitrogens with two attached hydrogens (primary N) is 1. The van der Waals surface area contributed by atoms with Crippen LogP contribution in [0.3, 0.4) is 0 Å². The Morgan fingerprint density at radius 2 is 1.54 bits per heavy atom. The number of amides is 1. The third kappa shape index (κ3) is 6.90. The average molecular weight is 525 g/mol. The number of benzene rings is 3. The van der Waals surface area contributed by atoms with Crippen LogP contribution in [0.1, 0.15) is 25.2 Å². The zero-order valence-corrected chi connectivity index (χ0v) is 22.6. The Morgan fingerprint density at radius 1 is 0.872 bits per heavy atom. The van der Waals surface area contributed by atoms with Gasteiger partial charge in [0.05, 0.1) is 12.1 Å². The number of hydrogen-bond acceptors (Lipinski definition) is 7. The van der Waals surface area contributed by atoms with E-state index in [1.807, 2.05) is 74.5 Å². The maximum absolute atomic E-state index is 12.0. The van der Waals surface area contributed by atoms with Gasteiger partial charge in [-0.1, -0.05) is 56.3 Å². The molecule has 4 aromatic rings. The molecule has 1 atom stereocenters. The van der Waals surface area contributed by atoms with Crippen LogP contribution in [0, 0.1) is 5.92 Å². The lowest BCUT2D eigenvalue weighted by Gasteiger charge is -2.34. The van der Waals surface area contributed by atoms with Gasteiger partial charge in [-0.15, -0.1) is 0 Å². The van der Waals surface area contributed by atoms with Crippen LogP contribution in [0.4, 0.5) is 5.82 Å². The maximum atomic E-state index is 12.0. The standard InChI is InChI=1S/C31H36N6O2/c1-22(2)29(30(32)38)35-31-26-13-6-7-14-27(26)33-28(34-31)21-37-17-15-36(16-18-37)20-23-9-8-12-25(19-23)39-24-10-4-3-5-11-24/h3-14,19,22,29H,15-18,20-21H2,1-2H3,(H2,32,38)(H,33,34,35). The van der Waals surface area contributed by atoms with Crippen molar-refractivity contribution in [2.24, 2.45) is 11.7 Å². The molecule has 39 heavy (non-hydrogen) atoms. The van der Waals surface area contributed by atoms with Gasteiger partial charge in [0.2, 0.25) is 5.91 Å². The van der Waals surface area contributed by atoms with Crippen molar-refractivity contribution in [3.8, 4) is 11.5 Å². The molecule has 1 aromatic heterocycles. The lowest BCUT2D eigenvalue weighted by Crippen LogP contribution is -2.45. The Balaban J connectivity index is 1.21. The fourth-order valence-electron chi connectivity index (χ4n) is 4.91. The molecule has 3 N–H and O–H groups in total. The molecule has 1 amide bonds. The van der Waals surface area contributed by atoms with Crippen molar-refractivity contribution >= 4 is 22.6 Å². The summed E-state index contributed by atoms with van der Waals surface area (Å²) in [7, 11) is 0. The van der Waals surface area contributed by atoms with Crippen molar-refractivity contribution in [3.63, 3.8) is 0 Å². The van der Waals surface area contributed by atoms with Crippen molar-refractivity contribution in [2.45, 2.75) is 33.0 Å². The molecule has 8 heteroatoms. The Hall–Kier alpha value is -4.01. The highest BCUT2D eigenvalue weighted by Crippen LogP contribution is 2.24. The van der Waals surface area contributed by atoms with Gasteiger partial charge >= 0.3 is 0 Å². The van der Waals surface area contributed by atoms with E-state index in [-0.39, 0.29) is 11.8 Å². The Morgan fingerprint density at radius 3 is 2.26 bits per heavy atom. The topological polar surface area (TPSA) is 96.6 Å². The molecule has 1 aliphatic heterocycles. The smallest absolute Gasteiger partial charge is 0.240 e. The number of nitrogens with zero attached hydrogens (tertiary/aromatic N) is 4. The van der Waals surface area contributed by atoms with E-state index in [0.29, 0.717) is 12.4 Å². The molecule has 2 heterocycles. The SMILES string of the molecule is CC(C)C(Nc1nc(CN2CCN(Cc3cccc(Oc4ccccc4)c3)CC2)nc2ccccc12)C(N)=O. The number of anilines is 1. The van der Waals surface area contributed by atoms with Gasteiger partial charge in [-0.2, -0.15) is 0 Å². The molecule has 1 aliphatic rings. The molecule has 202 valence electrons. The molecule has 1 saturated heterocycles. The lowest BCUT2D eigenvalue weighted by atomic mass is 10.0. The van der Waals surface area contributed by atoms with Gasteiger partial charge in [0.25, 0.3) is 0 Å². The molecule has 8 nitrogen and oxygen atoms in total. The average Bonchev–Trinajstić information content (AvgIpc) is 2.93. The van der Waals surface area contributed by atoms with Crippen LogP contribution >= 0.6 is 0 Å². The first-order valence-electron chi connectivity index (χ1n) is 13.5. The van der Waals surface area contributed by atoms with E-state index in [2.05, 4.69) is 33.3 Å². The van der Waals surface area contributed by atoms with Crippen LogP contribution in [0.2, 0.25) is 0 Å². The van der Waals surface area contributed by atoms with Crippen LogP contribution < -0.4 is 15.8 Å². The minimum atomic E-state index is -0.503. The molecule has 0 spiro atoms. The second kappa shape index (κ2) is 12.2. The molecule has 5 rings (SSSR count). The first-order chi connectivity index (χ1) is 18.9. The molecule has 3 aromatic carbocycles. The second-order valence-corrected chi connectivity index (χ2v) is 10.4. The molecular formula is C31H36N6O2. The van der Waals surface area contributed by atoms with Crippen LogP contribution in [0.5, 0.6) is 11.5 Å². The molecule has 0 radical (unpaired) electrons. The highest BCUT2D eigenvalue weighted by Gasteiger charge is 2.23. The number of para-hydroxylation sites is 2. The van der Waals surface area contributed by atoms with Crippen molar-refractivity contribution in [1.29, 1.82) is 0 Å². The van der Waals surface area contributed by atoms with Gasteiger partial charge in [-0.3, -0.25) is 14.6 Å². The Labute approximate surface area is 229 Å². The number of carbonyl (C=O) groups excluding carboxylic acids is 1. The minimum Gasteiger partial charge on any atom is -0.457 e. The highest BCUT2D eigenvalue weighted by molar-refractivity contribution is 5.91. The molecule has 1 fully saturated rings. The summed E-state index contributed by atoms with van der Waals surface area (Å²) in [6, 6.07) is 25.5. The first kappa shape index (κ1) is 26.6.